The van der Waals surface area contributed by atoms with Gasteiger partial charge in [-0.15, -0.1) is 0 Å². The zero-order valence-corrected chi connectivity index (χ0v) is 22.4. The van der Waals surface area contributed by atoms with E-state index in [-0.39, 0.29) is 29.7 Å². The number of hydrogen-bond acceptors (Lipinski definition) is 7. The number of anilines is 2. The maximum Gasteiger partial charge on any atom is 0.410 e. The summed E-state index contributed by atoms with van der Waals surface area (Å²) in [6, 6.07) is 4.85. The standard InChI is InChI=1S/C27H40FN5O4/c1-26(2,3)37-25(36)33-17-27(18-33)15-32(16-27)20-9-11-31(12-10-20)23-8-7-19(14-21(23)28)30-22(6-5-13-34)24(35)29-4/h7-8,13-14,20,22,30H,5-6,9-12,15-18H2,1-4H3,(H,29,35). The van der Waals surface area contributed by atoms with Crippen molar-refractivity contribution in [3.63, 3.8) is 0 Å². The largest absolute Gasteiger partial charge is 0.444 e. The normalized spacial score (nSPS) is 20.6. The van der Waals surface area contributed by atoms with Crippen LogP contribution in [0.3, 0.4) is 0 Å². The summed E-state index contributed by atoms with van der Waals surface area (Å²) in [7, 11) is 1.54. The Morgan fingerprint density at radius 3 is 2.43 bits per heavy atom. The molecule has 0 saturated carbocycles. The second-order valence-corrected chi connectivity index (χ2v) is 11.7. The van der Waals surface area contributed by atoms with Gasteiger partial charge in [0.1, 0.15) is 23.7 Å². The van der Waals surface area contributed by atoms with Crippen LogP contribution in [0, 0.1) is 11.2 Å². The Morgan fingerprint density at radius 2 is 1.86 bits per heavy atom. The molecule has 4 rings (SSSR count). The number of halogens is 1. The summed E-state index contributed by atoms with van der Waals surface area (Å²) >= 11 is 0. The van der Waals surface area contributed by atoms with Crippen molar-refractivity contribution in [1.82, 2.24) is 15.1 Å². The Bertz CT molecular complexity index is 991. The number of nitrogens with one attached hydrogen (secondary N) is 2. The Labute approximate surface area is 218 Å². The lowest BCUT2D eigenvalue weighted by molar-refractivity contribution is -0.128. The first-order chi connectivity index (χ1) is 17.5. The summed E-state index contributed by atoms with van der Waals surface area (Å²) < 4.78 is 20.5. The van der Waals surface area contributed by atoms with Crippen LogP contribution in [0.2, 0.25) is 0 Å². The second-order valence-electron chi connectivity index (χ2n) is 11.7. The van der Waals surface area contributed by atoms with Crippen LogP contribution in [-0.2, 0) is 14.3 Å². The summed E-state index contributed by atoms with van der Waals surface area (Å²) in [5, 5.41) is 5.62. The van der Waals surface area contributed by atoms with Gasteiger partial charge < -0.3 is 30.0 Å². The molecule has 3 fully saturated rings. The van der Waals surface area contributed by atoms with E-state index < -0.39 is 11.6 Å². The Morgan fingerprint density at radius 1 is 1.19 bits per heavy atom. The number of hydrogen-bond donors (Lipinski definition) is 2. The van der Waals surface area contributed by atoms with Crippen LogP contribution in [0.25, 0.3) is 0 Å². The SMILES string of the molecule is CNC(=O)C(CCC=O)Nc1ccc(N2CCC(N3CC4(CN(C(=O)OC(C)(C)C)C4)C3)CC2)c(F)c1. The molecule has 3 aliphatic rings. The summed E-state index contributed by atoms with van der Waals surface area (Å²) in [4.78, 5) is 41.4. The molecule has 0 aromatic heterocycles. The minimum Gasteiger partial charge on any atom is -0.444 e. The molecule has 3 heterocycles. The molecule has 3 aliphatic heterocycles. The van der Waals surface area contributed by atoms with E-state index >= 15 is 4.39 Å². The summed E-state index contributed by atoms with van der Waals surface area (Å²) in [6.45, 7) is 10.7. The Kier molecular flexibility index (Phi) is 7.96. The lowest BCUT2D eigenvalue weighted by atomic mass is 9.72. The highest BCUT2D eigenvalue weighted by Crippen LogP contribution is 2.42. The van der Waals surface area contributed by atoms with E-state index in [1.54, 1.807) is 17.0 Å². The van der Waals surface area contributed by atoms with Gasteiger partial charge >= 0.3 is 6.09 Å². The fourth-order valence-electron chi connectivity index (χ4n) is 5.70. The third-order valence-electron chi connectivity index (χ3n) is 7.53. The number of piperidine rings is 1. The molecule has 1 atom stereocenters. The molecule has 0 aliphatic carbocycles. The molecule has 9 nitrogen and oxygen atoms in total. The monoisotopic (exact) mass is 517 g/mol. The average Bonchev–Trinajstić information content (AvgIpc) is 2.79. The van der Waals surface area contributed by atoms with Crippen LogP contribution in [0.15, 0.2) is 18.2 Å². The van der Waals surface area contributed by atoms with Gasteiger partial charge in [-0.1, -0.05) is 0 Å². The fourth-order valence-corrected chi connectivity index (χ4v) is 5.70. The number of ether oxygens (including phenoxy) is 1. The third-order valence-corrected chi connectivity index (χ3v) is 7.53. The highest BCUT2D eigenvalue weighted by Gasteiger charge is 2.55. The molecule has 3 saturated heterocycles. The average molecular weight is 518 g/mol. The molecule has 0 radical (unpaired) electrons. The lowest BCUT2D eigenvalue weighted by Crippen LogP contribution is -2.74. The van der Waals surface area contributed by atoms with E-state index in [4.69, 9.17) is 4.74 Å². The number of carbonyl (C=O) groups is 3. The maximum atomic E-state index is 15.0. The Hall–Kier alpha value is -2.88. The smallest absolute Gasteiger partial charge is 0.410 e. The van der Waals surface area contributed by atoms with E-state index in [1.807, 2.05) is 20.8 Å². The highest BCUT2D eigenvalue weighted by molar-refractivity contribution is 5.84. The topological polar surface area (TPSA) is 94.2 Å². The van der Waals surface area contributed by atoms with Crippen molar-refractivity contribution < 1.29 is 23.5 Å². The molecule has 1 spiro atoms. The van der Waals surface area contributed by atoms with Crippen LogP contribution < -0.4 is 15.5 Å². The number of likely N-dealkylation sites (tertiary alicyclic amines) is 2. The number of likely N-dealkylation sites (N-methyl/N-ethyl adjacent to an activating group) is 1. The van der Waals surface area contributed by atoms with Gasteiger partial charge in [0.05, 0.1) is 5.69 Å². The molecule has 1 aromatic rings. The van der Waals surface area contributed by atoms with Crippen LogP contribution in [0.4, 0.5) is 20.6 Å². The molecule has 0 bridgehead atoms. The van der Waals surface area contributed by atoms with Crippen LogP contribution in [-0.4, -0.2) is 92.1 Å². The van der Waals surface area contributed by atoms with Crippen LogP contribution in [0.5, 0.6) is 0 Å². The maximum absolute atomic E-state index is 15.0. The summed E-state index contributed by atoms with van der Waals surface area (Å²) in [5.74, 6) is -0.560. The minimum absolute atomic E-state index is 0.210. The van der Waals surface area contributed by atoms with Crippen molar-refractivity contribution in [1.29, 1.82) is 0 Å². The summed E-state index contributed by atoms with van der Waals surface area (Å²) in [6.07, 6.45) is 3.08. The Balaban J connectivity index is 1.24. The van der Waals surface area contributed by atoms with Gasteiger partial charge in [-0.3, -0.25) is 9.69 Å². The van der Waals surface area contributed by atoms with Crippen molar-refractivity contribution in [3.8, 4) is 0 Å². The fraction of sp³-hybridized carbons (Fsp3) is 0.667. The molecule has 1 aromatic carbocycles. The van der Waals surface area contributed by atoms with E-state index in [1.165, 1.54) is 13.1 Å². The molecule has 2 amide bonds. The highest BCUT2D eigenvalue weighted by atomic mass is 19.1. The van der Waals surface area contributed by atoms with Gasteiger partial charge in [-0.2, -0.15) is 0 Å². The van der Waals surface area contributed by atoms with Gasteiger partial charge in [0.2, 0.25) is 5.91 Å². The molecule has 2 N–H and O–H groups in total. The van der Waals surface area contributed by atoms with Crippen molar-refractivity contribution in [2.24, 2.45) is 5.41 Å². The predicted molar refractivity (Wildman–Crippen MR) is 140 cm³/mol. The first-order valence-corrected chi connectivity index (χ1v) is 13.2. The predicted octanol–water partition coefficient (Wildman–Crippen LogP) is 2.85. The summed E-state index contributed by atoms with van der Waals surface area (Å²) in [5.41, 5.74) is 0.824. The quantitative estimate of drug-likeness (QED) is 0.512. The second kappa shape index (κ2) is 10.8. The van der Waals surface area contributed by atoms with E-state index in [9.17, 15) is 14.4 Å². The van der Waals surface area contributed by atoms with E-state index in [2.05, 4.69) is 20.4 Å². The minimum atomic E-state index is -0.595. The lowest BCUT2D eigenvalue weighted by Gasteiger charge is -2.62. The van der Waals surface area contributed by atoms with E-state index in [0.717, 1.165) is 58.4 Å². The zero-order valence-electron chi connectivity index (χ0n) is 22.4. The first kappa shape index (κ1) is 27.2. The van der Waals surface area contributed by atoms with Gasteiger partial charge in [0.25, 0.3) is 0 Å². The van der Waals surface area contributed by atoms with Crippen LogP contribution in [0.1, 0.15) is 46.5 Å². The molecular formula is C27H40FN5O4. The van der Waals surface area contributed by atoms with Gasteiger partial charge in [-0.05, 0) is 58.2 Å². The number of amides is 2. The molecule has 1 unspecified atom stereocenters. The molecule has 204 valence electrons. The number of rotatable bonds is 8. The third kappa shape index (κ3) is 6.34. The van der Waals surface area contributed by atoms with Crippen molar-refractivity contribution >= 4 is 29.7 Å². The number of benzene rings is 1. The van der Waals surface area contributed by atoms with Gasteiger partial charge in [0, 0.05) is 69.9 Å². The molecule has 37 heavy (non-hydrogen) atoms. The van der Waals surface area contributed by atoms with Crippen molar-refractivity contribution in [2.45, 2.75) is 64.1 Å². The van der Waals surface area contributed by atoms with Crippen molar-refractivity contribution in [2.75, 3.05) is 56.5 Å². The molecule has 10 heteroatoms. The van der Waals surface area contributed by atoms with Gasteiger partial charge in [-0.25, -0.2) is 9.18 Å². The van der Waals surface area contributed by atoms with Gasteiger partial charge in [0.15, 0.2) is 0 Å². The van der Waals surface area contributed by atoms with E-state index in [0.29, 0.717) is 23.8 Å². The number of nitrogens with zero attached hydrogens (tertiary/aromatic N) is 3. The zero-order chi connectivity index (χ0) is 26.8. The molecular weight excluding hydrogens is 477 g/mol. The number of carbonyl (C=O) groups excluding carboxylic acids is 3. The van der Waals surface area contributed by atoms with Crippen molar-refractivity contribution in [3.05, 3.63) is 24.0 Å². The first-order valence-electron chi connectivity index (χ1n) is 13.2. The van der Waals surface area contributed by atoms with Crippen LogP contribution >= 0.6 is 0 Å². The number of aldehydes is 1.